The second-order valence-corrected chi connectivity index (χ2v) is 7.38. The maximum Gasteiger partial charge on any atom is 0.315 e. The Bertz CT molecular complexity index is 973. The monoisotopic (exact) mass is 376 g/mol. The first kappa shape index (κ1) is 16.3. The fourth-order valence-corrected chi connectivity index (χ4v) is 4.06. The van der Waals surface area contributed by atoms with Crippen molar-refractivity contribution < 1.29 is 18.7 Å². The zero-order valence-electron chi connectivity index (χ0n) is 13.6. The van der Waals surface area contributed by atoms with Gasteiger partial charge in [0.05, 0.1) is 16.5 Å². The van der Waals surface area contributed by atoms with Crippen LogP contribution in [0.3, 0.4) is 0 Å². The van der Waals surface area contributed by atoms with Crippen molar-refractivity contribution in [3.8, 4) is 11.5 Å². The third kappa shape index (κ3) is 3.19. The molecule has 0 aliphatic carbocycles. The van der Waals surface area contributed by atoms with Gasteiger partial charge in [-0.3, -0.25) is 4.79 Å². The molecule has 6 nitrogen and oxygen atoms in total. The Balaban J connectivity index is 1.85. The molecule has 0 fully saturated rings. The number of hydrogen-bond donors (Lipinski definition) is 0. The van der Waals surface area contributed by atoms with Gasteiger partial charge in [0.15, 0.2) is 22.1 Å². The van der Waals surface area contributed by atoms with Crippen molar-refractivity contribution in [1.82, 2.24) is 4.57 Å². The smallest absolute Gasteiger partial charge is 0.315 e. The van der Waals surface area contributed by atoms with E-state index in [9.17, 15) is 4.79 Å². The molecule has 4 rings (SSSR count). The number of fused-ring (bicyclic) bond motifs is 2. The first-order valence-electron chi connectivity index (χ1n) is 7.81. The molecule has 0 N–H and O–H groups in total. The molecule has 8 heteroatoms. The fourth-order valence-electron chi connectivity index (χ4n) is 2.63. The summed E-state index contributed by atoms with van der Waals surface area (Å²) in [6, 6.07) is 7.22. The lowest BCUT2D eigenvalue weighted by atomic mass is 10.2. The number of thioether (sulfide) groups is 1. The molecular weight excluding hydrogens is 360 g/mol. The van der Waals surface area contributed by atoms with E-state index in [1.165, 1.54) is 17.6 Å². The number of hydrogen-bond acceptors (Lipinski definition) is 6. The predicted molar refractivity (Wildman–Crippen MR) is 97.8 cm³/mol. The van der Waals surface area contributed by atoms with Crippen LogP contribution >= 0.6 is 23.1 Å². The highest BCUT2D eigenvalue weighted by Gasteiger charge is 2.17. The number of amides is 1. The quantitative estimate of drug-likeness (QED) is 0.700. The largest absolute Gasteiger partial charge is 0.486 e. The number of thiazole rings is 1. The summed E-state index contributed by atoms with van der Waals surface area (Å²) in [5.74, 6) is 2.24. The van der Waals surface area contributed by atoms with Crippen LogP contribution in [-0.4, -0.2) is 35.7 Å². The van der Waals surface area contributed by atoms with E-state index >= 15 is 0 Å². The molecule has 3 heterocycles. The third-order valence-corrected chi connectivity index (χ3v) is 5.43. The number of ether oxygens (including phenoxy) is 2. The Morgan fingerprint density at radius 1 is 1.32 bits per heavy atom. The molecule has 1 aromatic carbocycles. The van der Waals surface area contributed by atoms with Crippen molar-refractivity contribution in [3.05, 3.63) is 41.1 Å². The minimum Gasteiger partial charge on any atom is -0.486 e. The summed E-state index contributed by atoms with van der Waals surface area (Å²) in [6.07, 6.45) is 3.52. The summed E-state index contributed by atoms with van der Waals surface area (Å²) in [6.45, 7) is 1.84. The van der Waals surface area contributed by atoms with Gasteiger partial charge in [0.2, 0.25) is 0 Å². The van der Waals surface area contributed by atoms with E-state index in [0.717, 1.165) is 34.0 Å². The lowest BCUT2D eigenvalue weighted by Crippen LogP contribution is -2.18. The number of aromatic nitrogens is 1. The minimum absolute atomic E-state index is 0.236. The number of benzene rings is 1. The van der Waals surface area contributed by atoms with E-state index in [1.54, 1.807) is 23.9 Å². The highest BCUT2D eigenvalue weighted by atomic mass is 32.2. The molecule has 3 aromatic rings. The van der Waals surface area contributed by atoms with Crippen LogP contribution in [0.15, 0.2) is 39.9 Å². The molecule has 0 atom stereocenters. The Labute approximate surface area is 152 Å². The van der Waals surface area contributed by atoms with Crippen LogP contribution in [0, 0.1) is 0 Å². The van der Waals surface area contributed by atoms with Gasteiger partial charge in [-0.25, -0.2) is 0 Å². The van der Waals surface area contributed by atoms with E-state index in [4.69, 9.17) is 13.9 Å². The van der Waals surface area contributed by atoms with Gasteiger partial charge in [-0.15, -0.1) is 0 Å². The molecule has 0 unspecified atom stereocenters. The first-order valence-corrected chi connectivity index (χ1v) is 10.0. The second-order valence-electron chi connectivity index (χ2n) is 5.39. The van der Waals surface area contributed by atoms with E-state index in [1.807, 2.05) is 12.1 Å². The van der Waals surface area contributed by atoms with E-state index < -0.39 is 0 Å². The summed E-state index contributed by atoms with van der Waals surface area (Å²) in [5.41, 5.74) is 0.995. The second kappa shape index (κ2) is 6.97. The predicted octanol–water partition coefficient (Wildman–Crippen LogP) is 3.17. The Hall–Kier alpha value is -2.19. The van der Waals surface area contributed by atoms with Gasteiger partial charge < -0.3 is 18.5 Å². The van der Waals surface area contributed by atoms with Crippen LogP contribution < -0.4 is 14.3 Å². The van der Waals surface area contributed by atoms with Gasteiger partial charge in [0.1, 0.15) is 13.2 Å². The van der Waals surface area contributed by atoms with Crippen molar-refractivity contribution in [2.45, 2.75) is 6.54 Å². The van der Waals surface area contributed by atoms with Crippen molar-refractivity contribution in [2.24, 2.45) is 4.99 Å². The van der Waals surface area contributed by atoms with E-state index in [2.05, 4.69) is 15.8 Å². The van der Waals surface area contributed by atoms with Crippen LogP contribution in [0.25, 0.3) is 10.2 Å². The zero-order chi connectivity index (χ0) is 17.2. The molecule has 0 radical (unpaired) electrons. The highest BCUT2D eigenvalue weighted by molar-refractivity contribution is 7.98. The zero-order valence-corrected chi connectivity index (χ0v) is 15.2. The summed E-state index contributed by atoms with van der Waals surface area (Å²) in [7, 11) is 0. The van der Waals surface area contributed by atoms with Crippen molar-refractivity contribution in [3.63, 3.8) is 0 Å². The maximum absolute atomic E-state index is 12.3. The topological polar surface area (TPSA) is 66.0 Å². The van der Waals surface area contributed by atoms with Gasteiger partial charge >= 0.3 is 5.91 Å². The Morgan fingerprint density at radius 3 is 2.84 bits per heavy atom. The van der Waals surface area contributed by atoms with Gasteiger partial charge in [0, 0.05) is 24.4 Å². The molecule has 0 saturated carbocycles. The number of rotatable bonds is 4. The maximum atomic E-state index is 12.3. The summed E-state index contributed by atoms with van der Waals surface area (Å²) in [5, 5.41) is 0. The number of nitrogens with zero attached hydrogens (tertiary/aromatic N) is 2. The van der Waals surface area contributed by atoms with Gasteiger partial charge in [-0.1, -0.05) is 11.3 Å². The van der Waals surface area contributed by atoms with Crippen molar-refractivity contribution in [1.29, 1.82) is 0 Å². The van der Waals surface area contributed by atoms with Crippen LogP contribution in [0.5, 0.6) is 11.5 Å². The van der Waals surface area contributed by atoms with E-state index in [0.29, 0.717) is 18.0 Å². The molecule has 2 aromatic heterocycles. The lowest BCUT2D eigenvalue weighted by Gasteiger charge is -2.18. The fraction of sp³-hybridized carbons (Fsp3) is 0.294. The summed E-state index contributed by atoms with van der Waals surface area (Å²) < 4.78 is 19.6. The number of carbonyl (C=O) groups excluding carboxylic acids is 1. The van der Waals surface area contributed by atoms with Gasteiger partial charge in [-0.2, -0.15) is 16.8 Å². The van der Waals surface area contributed by atoms with Crippen LogP contribution in [-0.2, 0) is 6.54 Å². The first-order chi connectivity index (χ1) is 12.3. The molecule has 1 amide bonds. The molecule has 25 heavy (non-hydrogen) atoms. The lowest BCUT2D eigenvalue weighted by molar-refractivity contribution is 0.0971. The molecule has 1 aliphatic heterocycles. The number of carbonyl (C=O) groups is 1. The molecule has 1 aliphatic rings. The van der Waals surface area contributed by atoms with Crippen LogP contribution in [0.2, 0.25) is 0 Å². The Kier molecular flexibility index (Phi) is 4.54. The standard InChI is InChI=1S/C17H16N2O4S2/c1-24-8-4-19-11-9-13-14(23-7-6-22-13)10-15(11)25-17(19)18-16(20)12-3-2-5-21-12/h2-3,5,9-10H,4,6-8H2,1H3. The van der Waals surface area contributed by atoms with Gasteiger partial charge in [-0.05, 0) is 18.4 Å². The normalized spacial score (nSPS) is 14.2. The highest BCUT2D eigenvalue weighted by Crippen LogP contribution is 2.35. The van der Waals surface area contributed by atoms with Crippen molar-refractivity contribution in [2.75, 3.05) is 25.2 Å². The summed E-state index contributed by atoms with van der Waals surface area (Å²) >= 11 is 3.21. The molecule has 0 bridgehead atoms. The summed E-state index contributed by atoms with van der Waals surface area (Å²) in [4.78, 5) is 17.2. The average Bonchev–Trinajstić information content (AvgIpc) is 3.26. The number of furan rings is 1. The molecule has 130 valence electrons. The SMILES string of the molecule is CSCCn1c(=NC(=O)c2ccco2)sc2cc3c(cc21)OCCO3. The molecule has 0 saturated heterocycles. The average molecular weight is 376 g/mol. The molecular formula is C17H16N2O4S2. The third-order valence-electron chi connectivity index (χ3n) is 3.79. The van der Waals surface area contributed by atoms with Crippen molar-refractivity contribution >= 4 is 39.2 Å². The van der Waals surface area contributed by atoms with Crippen LogP contribution in [0.1, 0.15) is 10.6 Å². The molecule has 0 spiro atoms. The minimum atomic E-state index is -0.383. The van der Waals surface area contributed by atoms with Crippen LogP contribution in [0.4, 0.5) is 0 Å². The van der Waals surface area contributed by atoms with E-state index in [-0.39, 0.29) is 11.7 Å². The van der Waals surface area contributed by atoms with Gasteiger partial charge in [0.25, 0.3) is 0 Å². The Morgan fingerprint density at radius 2 is 2.12 bits per heavy atom. The number of aryl methyl sites for hydroxylation is 1.